The molecule has 3 aromatic carbocycles. The number of benzene rings is 3. The molecule has 26 heavy (non-hydrogen) atoms. The number of nitrogens with one attached hydrogen (secondary N) is 1. The second-order valence-corrected chi connectivity index (χ2v) is 6.08. The molecule has 3 rings (SSSR count). The summed E-state index contributed by atoms with van der Waals surface area (Å²) in [6.45, 7) is -0.0880. The van der Waals surface area contributed by atoms with Crippen LogP contribution in [0.25, 0.3) is 10.8 Å². The summed E-state index contributed by atoms with van der Waals surface area (Å²) in [7, 11) is 3.97. The van der Waals surface area contributed by atoms with Gasteiger partial charge in [-0.25, -0.2) is 5.43 Å². The van der Waals surface area contributed by atoms with Crippen LogP contribution in [0.15, 0.2) is 71.8 Å². The van der Waals surface area contributed by atoms with Crippen molar-refractivity contribution in [3.8, 4) is 5.75 Å². The van der Waals surface area contributed by atoms with Gasteiger partial charge in [0.2, 0.25) is 0 Å². The van der Waals surface area contributed by atoms with Crippen LogP contribution in [0.5, 0.6) is 5.75 Å². The van der Waals surface area contributed by atoms with Gasteiger partial charge in [0.1, 0.15) is 5.75 Å². The summed E-state index contributed by atoms with van der Waals surface area (Å²) in [5.74, 6) is 0.349. The number of hydrogen-bond acceptors (Lipinski definition) is 4. The van der Waals surface area contributed by atoms with Gasteiger partial charge in [-0.2, -0.15) is 5.10 Å². The van der Waals surface area contributed by atoms with Crippen LogP contribution in [0, 0.1) is 0 Å². The van der Waals surface area contributed by atoms with Gasteiger partial charge in [-0.1, -0.05) is 42.5 Å². The Balaban J connectivity index is 1.50. The Morgan fingerprint density at radius 2 is 1.77 bits per heavy atom. The number of ether oxygens (including phenoxy) is 1. The van der Waals surface area contributed by atoms with E-state index in [1.165, 1.54) is 0 Å². The van der Waals surface area contributed by atoms with Crippen molar-refractivity contribution in [3.63, 3.8) is 0 Å². The monoisotopic (exact) mass is 347 g/mol. The highest BCUT2D eigenvalue weighted by Crippen LogP contribution is 2.20. The average molecular weight is 347 g/mol. The van der Waals surface area contributed by atoms with Gasteiger partial charge in [-0.05, 0) is 40.6 Å². The van der Waals surface area contributed by atoms with Crippen molar-refractivity contribution < 1.29 is 9.53 Å². The molecule has 0 unspecified atom stereocenters. The van der Waals surface area contributed by atoms with Crippen LogP contribution in [0.2, 0.25) is 0 Å². The zero-order valence-electron chi connectivity index (χ0n) is 14.8. The van der Waals surface area contributed by atoms with Gasteiger partial charge >= 0.3 is 0 Å². The number of fused-ring (bicyclic) bond motifs is 1. The highest BCUT2D eigenvalue weighted by Gasteiger charge is 2.02. The lowest BCUT2D eigenvalue weighted by Crippen LogP contribution is -2.24. The molecule has 132 valence electrons. The van der Waals surface area contributed by atoms with Crippen LogP contribution in [0.4, 0.5) is 5.69 Å². The normalized spacial score (nSPS) is 10.8. The number of nitrogens with zero attached hydrogens (tertiary/aromatic N) is 2. The van der Waals surface area contributed by atoms with E-state index in [0.717, 1.165) is 22.0 Å². The Labute approximate surface area is 152 Å². The number of hydrogen-bond donors (Lipinski definition) is 1. The predicted molar refractivity (Wildman–Crippen MR) is 106 cm³/mol. The maximum atomic E-state index is 11.9. The van der Waals surface area contributed by atoms with Crippen molar-refractivity contribution in [2.45, 2.75) is 0 Å². The Morgan fingerprint density at radius 1 is 1.04 bits per heavy atom. The molecule has 5 nitrogen and oxygen atoms in total. The second-order valence-electron chi connectivity index (χ2n) is 6.08. The molecule has 0 aliphatic heterocycles. The first-order valence-corrected chi connectivity index (χ1v) is 8.33. The molecule has 0 fully saturated rings. The molecule has 1 amide bonds. The van der Waals surface area contributed by atoms with Crippen LogP contribution in [0.3, 0.4) is 0 Å². The third kappa shape index (κ3) is 4.60. The number of carbonyl (C=O) groups excluding carboxylic acids is 1. The minimum Gasteiger partial charge on any atom is -0.484 e. The molecule has 0 saturated heterocycles. The zero-order valence-corrected chi connectivity index (χ0v) is 14.8. The lowest BCUT2D eigenvalue weighted by atomic mass is 10.1. The lowest BCUT2D eigenvalue weighted by Gasteiger charge is -2.11. The van der Waals surface area contributed by atoms with Crippen molar-refractivity contribution in [2.24, 2.45) is 5.10 Å². The maximum absolute atomic E-state index is 11.9. The van der Waals surface area contributed by atoms with E-state index in [9.17, 15) is 4.79 Å². The quantitative estimate of drug-likeness (QED) is 0.549. The molecule has 0 heterocycles. The number of carbonyl (C=O) groups is 1. The van der Waals surface area contributed by atoms with Crippen molar-refractivity contribution in [2.75, 3.05) is 25.6 Å². The molecule has 0 aliphatic rings. The maximum Gasteiger partial charge on any atom is 0.277 e. The van der Waals surface area contributed by atoms with Gasteiger partial charge in [-0.15, -0.1) is 0 Å². The highest BCUT2D eigenvalue weighted by atomic mass is 16.5. The van der Waals surface area contributed by atoms with Gasteiger partial charge < -0.3 is 9.64 Å². The van der Waals surface area contributed by atoms with Crippen LogP contribution >= 0.6 is 0 Å². The SMILES string of the molecule is CN(C)c1ccc(/C=N/NC(=O)COc2ccc3ccccc3c2)cc1. The first-order chi connectivity index (χ1) is 12.6. The van der Waals surface area contributed by atoms with Crippen molar-refractivity contribution >= 4 is 28.6 Å². The van der Waals surface area contributed by atoms with E-state index in [0.29, 0.717) is 5.75 Å². The molecule has 0 spiro atoms. The van der Waals surface area contributed by atoms with Crippen LogP contribution < -0.4 is 15.1 Å². The first-order valence-electron chi connectivity index (χ1n) is 8.33. The van der Waals surface area contributed by atoms with Gasteiger partial charge in [-0.3, -0.25) is 4.79 Å². The van der Waals surface area contributed by atoms with Gasteiger partial charge in [0.05, 0.1) is 6.21 Å². The minimum atomic E-state index is -0.306. The first kappa shape index (κ1) is 17.5. The van der Waals surface area contributed by atoms with Gasteiger partial charge in [0, 0.05) is 19.8 Å². The summed E-state index contributed by atoms with van der Waals surface area (Å²) >= 11 is 0. The Hall–Kier alpha value is -3.34. The predicted octanol–water partition coefficient (Wildman–Crippen LogP) is 3.43. The third-order valence-electron chi connectivity index (χ3n) is 3.90. The van der Waals surface area contributed by atoms with Crippen molar-refractivity contribution in [3.05, 3.63) is 72.3 Å². The van der Waals surface area contributed by atoms with E-state index < -0.39 is 0 Å². The molecule has 5 heteroatoms. The van der Waals surface area contributed by atoms with E-state index in [1.807, 2.05) is 85.7 Å². The second kappa shape index (κ2) is 8.16. The smallest absolute Gasteiger partial charge is 0.277 e. The fourth-order valence-corrected chi connectivity index (χ4v) is 2.48. The summed E-state index contributed by atoms with van der Waals surface area (Å²) in [5.41, 5.74) is 4.49. The molecular formula is C21H21N3O2. The minimum absolute atomic E-state index is 0.0880. The Morgan fingerprint density at radius 3 is 2.50 bits per heavy atom. The zero-order chi connectivity index (χ0) is 18.4. The number of hydrazone groups is 1. The molecule has 3 aromatic rings. The summed E-state index contributed by atoms with van der Waals surface area (Å²) in [4.78, 5) is 13.9. The molecular weight excluding hydrogens is 326 g/mol. The third-order valence-corrected chi connectivity index (χ3v) is 3.90. The average Bonchev–Trinajstić information content (AvgIpc) is 2.66. The molecule has 0 bridgehead atoms. The van der Waals surface area contributed by atoms with Gasteiger partial charge in [0.15, 0.2) is 6.61 Å². The highest BCUT2D eigenvalue weighted by molar-refractivity contribution is 5.85. The Kier molecular flexibility index (Phi) is 5.49. The van der Waals surface area contributed by atoms with E-state index in [4.69, 9.17) is 4.74 Å². The standard InChI is InChI=1S/C21H21N3O2/c1-24(2)19-10-7-16(8-11-19)14-22-23-21(25)15-26-20-12-9-17-5-3-4-6-18(17)13-20/h3-14H,15H2,1-2H3,(H,23,25)/b22-14+. The summed E-state index contributed by atoms with van der Waals surface area (Å²) in [6, 6.07) is 21.6. The molecule has 0 aliphatic carbocycles. The number of amides is 1. The van der Waals surface area contributed by atoms with E-state index in [1.54, 1.807) is 6.21 Å². The summed E-state index contributed by atoms with van der Waals surface area (Å²) < 4.78 is 5.53. The van der Waals surface area contributed by atoms with Crippen molar-refractivity contribution in [1.82, 2.24) is 5.43 Å². The fourth-order valence-electron chi connectivity index (χ4n) is 2.48. The summed E-state index contributed by atoms with van der Waals surface area (Å²) in [6.07, 6.45) is 1.60. The Bertz CT molecular complexity index is 918. The fraction of sp³-hybridized carbons (Fsp3) is 0.143. The largest absolute Gasteiger partial charge is 0.484 e. The van der Waals surface area contributed by atoms with Crippen LogP contribution in [-0.4, -0.2) is 32.8 Å². The van der Waals surface area contributed by atoms with Crippen LogP contribution in [0.1, 0.15) is 5.56 Å². The lowest BCUT2D eigenvalue weighted by molar-refractivity contribution is -0.123. The molecule has 0 atom stereocenters. The van der Waals surface area contributed by atoms with E-state index in [-0.39, 0.29) is 12.5 Å². The van der Waals surface area contributed by atoms with E-state index >= 15 is 0 Å². The van der Waals surface area contributed by atoms with E-state index in [2.05, 4.69) is 10.5 Å². The molecule has 0 radical (unpaired) electrons. The summed E-state index contributed by atoms with van der Waals surface area (Å²) in [5, 5.41) is 6.17. The topological polar surface area (TPSA) is 53.9 Å². The molecule has 0 saturated carbocycles. The molecule has 0 aromatic heterocycles. The van der Waals surface area contributed by atoms with Crippen molar-refractivity contribution in [1.29, 1.82) is 0 Å². The van der Waals surface area contributed by atoms with Crippen LogP contribution in [-0.2, 0) is 4.79 Å². The number of rotatable bonds is 6. The molecule has 1 N–H and O–H groups in total. The number of anilines is 1. The van der Waals surface area contributed by atoms with Gasteiger partial charge in [0.25, 0.3) is 5.91 Å².